The van der Waals surface area contributed by atoms with Crippen LogP contribution >= 0.6 is 0 Å². The number of ether oxygens (including phenoxy) is 3. The number of nitrogens with one attached hydrogen (secondary N) is 2. The van der Waals surface area contributed by atoms with Crippen molar-refractivity contribution in [2.24, 2.45) is 0 Å². The molecule has 0 aromatic heterocycles. The Morgan fingerprint density at radius 3 is 2.66 bits per heavy atom. The van der Waals surface area contributed by atoms with Gasteiger partial charge in [0, 0.05) is 26.2 Å². The molecule has 3 N–H and O–H groups in total. The molecule has 0 radical (unpaired) electrons. The first-order valence-corrected chi connectivity index (χ1v) is 12.1. The molecule has 10 nitrogen and oxygen atoms in total. The number of hydrogen-bond acceptors (Lipinski definition) is 7. The van der Waals surface area contributed by atoms with Crippen molar-refractivity contribution in [3.05, 3.63) is 0 Å². The van der Waals surface area contributed by atoms with Crippen LogP contribution in [0.5, 0.6) is 0 Å². The van der Waals surface area contributed by atoms with E-state index in [0.29, 0.717) is 32.5 Å². The lowest BCUT2D eigenvalue weighted by molar-refractivity contribution is -0.150. The van der Waals surface area contributed by atoms with Gasteiger partial charge in [-0.1, -0.05) is 6.92 Å². The van der Waals surface area contributed by atoms with Crippen LogP contribution in [-0.4, -0.2) is 117 Å². The number of amides is 3. The minimum absolute atomic E-state index is 0.00448. The van der Waals surface area contributed by atoms with Crippen LogP contribution in [0, 0.1) is 0 Å². The van der Waals surface area contributed by atoms with E-state index in [2.05, 4.69) is 15.5 Å². The van der Waals surface area contributed by atoms with Gasteiger partial charge in [-0.05, 0) is 32.2 Å². The van der Waals surface area contributed by atoms with Gasteiger partial charge in [0.1, 0.15) is 6.10 Å². The quantitative estimate of drug-likeness (QED) is 0.439. The zero-order valence-electron chi connectivity index (χ0n) is 19.3. The van der Waals surface area contributed by atoms with E-state index < -0.39 is 6.10 Å². The molecule has 3 heterocycles. The number of aliphatic hydroxyl groups is 1. The molecule has 0 spiro atoms. The Kier molecular flexibility index (Phi) is 10.5. The van der Waals surface area contributed by atoms with Crippen LogP contribution in [0.3, 0.4) is 0 Å². The molecular weight excluding hydrogens is 416 g/mol. The molecule has 0 unspecified atom stereocenters. The number of hydrogen-bond donors (Lipinski definition) is 3. The lowest BCUT2D eigenvalue weighted by atomic mass is 9.95. The fourth-order valence-electron chi connectivity index (χ4n) is 4.54. The number of fused-ring (bicyclic) bond motifs is 1. The zero-order valence-corrected chi connectivity index (χ0v) is 19.3. The summed E-state index contributed by atoms with van der Waals surface area (Å²) < 4.78 is 17.2. The number of rotatable bonds is 8. The van der Waals surface area contributed by atoms with Gasteiger partial charge in [0.15, 0.2) is 0 Å². The standard InChI is InChI=1S/C22H40N4O6/c1-2-6-24-22(29)26-14-17(27)15-31-16-20-19(26)5-4-18(32-20)13-21(28)23-7-3-8-25-9-11-30-12-10-25/h17-20,27H,2-16H2,1H3,(H,23,28)(H,24,29)/t17-,18-,19-,20+/m1/s1. The van der Waals surface area contributed by atoms with E-state index >= 15 is 0 Å². The molecule has 3 amide bonds. The SMILES string of the molecule is CCCNC(=O)N1C[C@@H](O)COC[C@@H]2O[C@@H](CC(=O)NCCCN3CCOCC3)CC[C@H]21. The highest BCUT2D eigenvalue weighted by atomic mass is 16.5. The summed E-state index contributed by atoms with van der Waals surface area (Å²) in [6, 6.07) is -0.350. The molecule has 0 aromatic carbocycles. The van der Waals surface area contributed by atoms with Crippen LogP contribution in [-0.2, 0) is 19.0 Å². The van der Waals surface area contributed by atoms with Crippen LogP contribution in [0.2, 0.25) is 0 Å². The third-order valence-electron chi connectivity index (χ3n) is 6.26. The van der Waals surface area contributed by atoms with Gasteiger partial charge in [0.2, 0.25) is 5.91 Å². The van der Waals surface area contributed by atoms with Crippen LogP contribution in [0.4, 0.5) is 4.79 Å². The number of urea groups is 1. The van der Waals surface area contributed by atoms with Gasteiger partial charge in [-0.25, -0.2) is 4.79 Å². The van der Waals surface area contributed by atoms with Gasteiger partial charge in [-0.3, -0.25) is 9.69 Å². The fourth-order valence-corrected chi connectivity index (χ4v) is 4.54. The van der Waals surface area contributed by atoms with Crippen LogP contribution in [0.25, 0.3) is 0 Å². The lowest BCUT2D eigenvalue weighted by Gasteiger charge is -2.44. The largest absolute Gasteiger partial charge is 0.389 e. The van der Waals surface area contributed by atoms with Gasteiger partial charge >= 0.3 is 6.03 Å². The summed E-state index contributed by atoms with van der Waals surface area (Å²) in [5.41, 5.74) is 0. The molecule has 3 rings (SSSR count). The molecule has 10 heteroatoms. The highest BCUT2D eigenvalue weighted by Gasteiger charge is 2.39. The third-order valence-corrected chi connectivity index (χ3v) is 6.26. The molecule has 3 fully saturated rings. The summed E-state index contributed by atoms with van der Waals surface area (Å²) in [4.78, 5) is 29.1. The molecule has 0 aromatic rings. The van der Waals surface area contributed by atoms with Crippen molar-refractivity contribution in [1.29, 1.82) is 0 Å². The summed E-state index contributed by atoms with van der Waals surface area (Å²) in [7, 11) is 0. The van der Waals surface area contributed by atoms with E-state index in [0.717, 1.165) is 52.1 Å². The maximum absolute atomic E-state index is 12.7. The monoisotopic (exact) mass is 456 g/mol. The van der Waals surface area contributed by atoms with Crippen molar-refractivity contribution in [1.82, 2.24) is 20.4 Å². The van der Waals surface area contributed by atoms with E-state index in [1.54, 1.807) is 4.90 Å². The van der Waals surface area contributed by atoms with E-state index in [4.69, 9.17) is 14.2 Å². The summed E-state index contributed by atoms with van der Waals surface area (Å²) in [6.07, 6.45) is 2.27. The number of β-amino-alcohol motifs (C(OH)–C–C–N with tert-alkyl or cyclic N) is 1. The Morgan fingerprint density at radius 1 is 1.06 bits per heavy atom. The fraction of sp³-hybridized carbons (Fsp3) is 0.909. The number of nitrogens with zero attached hydrogens (tertiary/aromatic N) is 2. The maximum Gasteiger partial charge on any atom is 0.317 e. The van der Waals surface area contributed by atoms with Crippen molar-refractivity contribution in [3.8, 4) is 0 Å². The summed E-state index contributed by atoms with van der Waals surface area (Å²) >= 11 is 0. The van der Waals surface area contributed by atoms with Crippen LogP contribution in [0.1, 0.15) is 39.0 Å². The predicted octanol–water partition coefficient (Wildman–Crippen LogP) is -0.0561. The number of carbonyl (C=O) groups is 2. The first-order valence-electron chi connectivity index (χ1n) is 12.1. The van der Waals surface area contributed by atoms with E-state index in [1.165, 1.54) is 0 Å². The van der Waals surface area contributed by atoms with Crippen molar-refractivity contribution in [3.63, 3.8) is 0 Å². The summed E-state index contributed by atoms with van der Waals surface area (Å²) in [5, 5.41) is 16.1. The Balaban J connectivity index is 1.43. The molecule has 3 aliphatic heterocycles. The van der Waals surface area contributed by atoms with Gasteiger partial charge < -0.3 is 34.9 Å². The van der Waals surface area contributed by atoms with E-state index in [-0.39, 0.29) is 43.3 Å². The maximum atomic E-state index is 12.7. The second-order valence-electron chi connectivity index (χ2n) is 8.88. The van der Waals surface area contributed by atoms with Gasteiger partial charge in [-0.15, -0.1) is 0 Å². The zero-order chi connectivity index (χ0) is 22.8. The second-order valence-corrected chi connectivity index (χ2v) is 8.88. The first-order chi connectivity index (χ1) is 15.6. The average Bonchev–Trinajstić information content (AvgIpc) is 2.78. The normalized spacial score (nSPS) is 29.5. The molecule has 3 saturated heterocycles. The van der Waals surface area contributed by atoms with E-state index in [1.807, 2.05) is 6.92 Å². The number of carbonyl (C=O) groups excluding carboxylic acids is 2. The second kappa shape index (κ2) is 13.3. The average molecular weight is 457 g/mol. The highest BCUT2D eigenvalue weighted by Crippen LogP contribution is 2.27. The predicted molar refractivity (Wildman–Crippen MR) is 118 cm³/mol. The number of morpholine rings is 1. The molecule has 0 saturated carbocycles. The first kappa shape index (κ1) is 25.2. The van der Waals surface area contributed by atoms with Gasteiger partial charge in [-0.2, -0.15) is 0 Å². The molecule has 184 valence electrons. The highest BCUT2D eigenvalue weighted by molar-refractivity contribution is 5.76. The smallest absolute Gasteiger partial charge is 0.317 e. The minimum atomic E-state index is -0.718. The van der Waals surface area contributed by atoms with Crippen LogP contribution in [0.15, 0.2) is 0 Å². The summed E-state index contributed by atoms with van der Waals surface area (Å²) in [6.45, 7) is 8.38. The molecule has 3 aliphatic rings. The Hall–Kier alpha value is -1.46. The van der Waals surface area contributed by atoms with Gasteiger partial charge in [0.25, 0.3) is 0 Å². The lowest BCUT2D eigenvalue weighted by Crippen LogP contribution is -2.59. The molecular formula is C22H40N4O6. The van der Waals surface area contributed by atoms with Crippen molar-refractivity contribution >= 4 is 11.9 Å². The van der Waals surface area contributed by atoms with E-state index in [9.17, 15) is 14.7 Å². The Labute approximate surface area is 190 Å². The minimum Gasteiger partial charge on any atom is -0.389 e. The Morgan fingerprint density at radius 2 is 1.88 bits per heavy atom. The summed E-state index contributed by atoms with van der Waals surface area (Å²) in [5.74, 6) is -0.00448. The molecule has 4 atom stereocenters. The van der Waals surface area contributed by atoms with Crippen molar-refractivity contribution in [2.45, 2.75) is 63.4 Å². The van der Waals surface area contributed by atoms with Crippen molar-refractivity contribution < 1.29 is 28.9 Å². The number of aliphatic hydroxyl groups excluding tert-OH is 1. The molecule has 32 heavy (non-hydrogen) atoms. The van der Waals surface area contributed by atoms with Gasteiger partial charge in [0.05, 0.1) is 57.6 Å². The molecule has 0 bridgehead atoms. The molecule has 0 aliphatic carbocycles. The Bertz CT molecular complexity index is 589. The topological polar surface area (TPSA) is 113 Å². The third kappa shape index (κ3) is 7.84. The van der Waals surface area contributed by atoms with Crippen molar-refractivity contribution in [2.75, 3.05) is 65.7 Å². The van der Waals surface area contributed by atoms with Crippen LogP contribution < -0.4 is 10.6 Å².